The second kappa shape index (κ2) is 5.72. The van der Waals surface area contributed by atoms with E-state index in [-0.39, 0.29) is 17.4 Å². The maximum atomic E-state index is 13.5. The first-order chi connectivity index (χ1) is 9.74. The summed E-state index contributed by atoms with van der Waals surface area (Å²) in [4.78, 5) is 0. The van der Waals surface area contributed by atoms with Gasteiger partial charge < -0.3 is 15.1 Å². The predicted molar refractivity (Wildman–Crippen MR) is 70.5 cm³/mol. The molecule has 0 saturated heterocycles. The third kappa shape index (κ3) is 4.19. The lowest BCUT2D eigenvalue weighted by molar-refractivity contribution is 0.384. The number of nitrogens with one attached hydrogen (secondary N) is 2. The first kappa shape index (κ1) is 15.3. The van der Waals surface area contributed by atoms with Gasteiger partial charge in [0.2, 0.25) is 5.89 Å². The highest BCUT2D eigenvalue weighted by molar-refractivity contribution is 5.53. The molecular weight excluding hydrogens is 285 g/mol. The van der Waals surface area contributed by atoms with Gasteiger partial charge in [-0.25, -0.2) is 13.2 Å². The summed E-state index contributed by atoms with van der Waals surface area (Å²) in [5.74, 6) is -3.16. The Labute approximate surface area is 119 Å². The normalized spacial score (nSPS) is 11.7. The molecule has 2 aromatic rings. The number of nitrogens with zero attached hydrogens (tertiary/aromatic N) is 2. The quantitative estimate of drug-likeness (QED) is 0.849. The van der Waals surface area contributed by atoms with Crippen LogP contribution in [-0.2, 0) is 6.54 Å². The molecule has 5 nitrogen and oxygen atoms in total. The van der Waals surface area contributed by atoms with E-state index in [1.165, 1.54) is 0 Å². The molecule has 2 rings (SSSR count). The zero-order valence-electron chi connectivity index (χ0n) is 11.8. The van der Waals surface area contributed by atoms with Gasteiger partial charge in [-0.2, -0.15) is 0 Å². The van der Waals surface area contributed by atoms with Gasteiger partial charge in [0, 0.05) is 17.7 Å². The highest BCUT2D eigenvalue weighted by Crippen LogP contribution is 2.22. The van der Waals surface area contributed by atoms with Gasteiger partial charge in [0.05, 0.1) is 12.2 Å². The Bertz CT molecular complexity index is 637. The molecule has 0 aliphatic heterocycles. The molecule has 1 aromatic heterocycles. The first-order valence-electron chi connectivity index (χ1n) is 6.23. The van der Waals surface area contributed by atoms with Crippen LogP contribution in [0, 0.1) is 17.5 Å². The van der Waals surface area contributed by atoms with Crippen molar-refractivity contribution in [2.45, 2.75) is 32.9 Å². The second-order valence-corrected chi connectivity index (χ2v) is 5.48. The average molecular weight is 300 g/mol. The molecule has 1 heterocycles. The molecule has 2 N–H and O–H groups in total. The van der Waals surface area contributed by atoms with E-state index in [4.69, 9.17) is 4.42 Å². The number of hydrogen-bond donors (Lipinski definition) is 2. The molecule has 0 unspecified atom stereocenters. The van der Waals surface area contributed by atoms with Crippen LogP contribution in [0.3, 0.4) is 0 Å². The summed E-state index contributed by atoms with van der Waals surface area (Å²) in [6.07, 6.45) is 0. The van der Waals surface area contributed by atoms with E-state index in [1.807, 2.05) is 20.8 Å². The summed E-state index contributed by atoms with van der Waals surface area (Å²) in [7, 11) is 0. The molecule has 21 heavy (non-hydrogen) atoms. The lowest BCUT2D eigenvalue weighted by Crippen LogP contribution is -2.35. The SMILES string of the molecule is CC(C)(C)NCc1nnc(Nc2cc(F)cc(F)c2F)o1. The fourth-order valence-electron chi connectivity index (χ4n) is 1.48. The summed E-state index contributed by atoms with van der Waals surface area (Å²) in [5.41, 5.74) is -0.550. The molecule has 0 radical (unpaired) electrons. The molecule has 1 aromatic carbocycles. The summed E-state index contributed by atoms with van der Waals surface area (Å²) in [6.45, 7) is 6.21. The van der Waals surface area contributed by atoms with Crippen molar-refractivity contribution in [2.75, 3.05) is 5.32 Å². The molecule has 0 bridgehead atoms. The van der Waals surface area contributed by atoms with Crippen LogP contribution < -0.4 is 10.6 Å². The maximum absolute atomic E-state index is 13.5. The molecule has 0 aliphatic carbocycles. The van der Waals surface area contributed by atoms with Gasteiger partial charge in [-0.1, -0.05) is 5.10 Å². The van der Waals surface area contributed by atoms with E-state index >= 15 is 0 Å². The molecule has 0 amide bonds. The Morgan fingerprint density at radius 2 is 1.86 bits per heavy atom. The van der Waals surface area contributed by atoms with Gasteiger partial charge in [0.1, 0.15) is 5.82 Å². The third-order valence-electron chi connectivity index (χ3n) is 2.47. The van der Waals surface area contributed by atoms with E-state index < -0.39 is 23.1 Å². The van der Waals surface area contributed by atoms with Crippen molar-refractivity contribution in [3.8, 4) is 0 Å². The minimum atomic E-state index is -1.30. The summed E-state index contributed by atoms with van der Waals surface area (Å²) >= 11 is 0. The molecule has 8 heteroatoms. The molecular formula is C13H15F3N4O. The predicted octanol–water partition coefficient (Wildman–Crippen LogP) is 3.12. The molecule has 0 saturated carbocycles. The van der Waals surface area contributed by atoms with Crippen LogP contribution in [0.5, 0.6) is 0 Å². The standard InChI is InChI=1S/C13H15F3N4O/c1-13(2,3)17-6-10-19-20-12(21-10)18-9-5-7(14)4-8(15)11(9)16/h4-5,17H,6H2,1-3H3,(H,18,20). The Morgan fingerprint density at radius 3 is 2.52 bits per heavy atom. The molecule has 0 atom stereocenters. The summed E-state index contributed by atoms with van der Waals surface area (Å²) in [5, 5.41) is 12.8. The Balaban J connectivity index is 2.09. The van der Waals surface area contributed by atoms with Gasteiger partial charge in [-0.3, -0.25) is 0 Å². The van der Waals surface area contributed by atoms with Crippen molar-refractivity contribution in [3.63, 3.8) is 0 Å². The Hall–Kier alpha value is -2.09. The van der Waals surface area contributed by atoms with Crippen LogP contribution in [0.25, 0.3) is 0 Å². The van der Waals surface area contributed by atoms with Crippen molar-refractivity contribution >= 4 is 11.7 Å². The van der Waals surface area contributed by atoms with E-state index in [0.717, 1.165) is 6.07 Å². The number of rotatable bonds is 4. The zero-order valence-corrected chi connectivity index (χ0v) is 11.8. The van der Waals surface area contributed by atoms with Crippen molar-refractivity contribution in [3.05, 3.63) is 35.5 Å². The van der Waals surface area contributed by atoms with Gasteiger partial charge >= 0.3 is 6.01 Å². The zero-order chi connectivity index (χ0) is 15.6. The number of benzene rings is 1. The summed E-state index contributed by atoms with van der Waals surface area (Å²) in [6, 6.07) is 1.10. The largest absolute Gasteiger partial charge is 0.406 e. The monoisotopic (exact) mass is 300 g/mol. The van der Waals surface area contributed by atoms with E-state index in [1.54, 1.807) is 0 Å². The fraction of sp³-hybridized carbons (Fsp3) is 0.385. The Kier molecular flexibility index (Phi) is 4.17. The van der Waals surface area contributed by atoms with Crippen LogP contribution in [0.2, 0.25) is 0 Å². The van der Waals surface area contributed by atoms with Gasteiger partial charge in [0.15, 0.2) is 11.6 Å². The van der Waals surface area contributed by atoms with Gasteiger partial charge in [-0.15, -0.1) is 5.10 Å². The maximum Gasteiger partial charge on any atom is 0.320 e. The number of halogens is 3. The third-order valence-corrected chi connectivity index (χ3v) is 2.47. The van der Waals surface area contributed by atoms with Crippen LogP contribution in [0.1, 0.15) is 26.7 Å². The van der Waals surface area contributed by atoms with Crippen LogP contribution >= 0.6 is 0 Å². The van der Waals surface area contributed by atoms with Gasteiger partial charge in [-0.05, 0) is 20.8 Å². The fourth-order valence-corrected chi connectivity index (χ4v) is 1.48. The van der Waals surface area contributed by atoms with E-state index in [2.05, 4.69) is 20.8 Å². The molecule has 0 fully saturated rings. The number of hydrogen-bond acceptors (Lipinski definition) is 5. The van der Waals surface area contributed by atoms with Crippen molar-refractivity contribution < 1.29 is 17.6 Å². The van der Waals surface area contributed by atoms with Crippen molar-refractivity contribution in [1.82, 2.24) is 15.5 Å². The molecule has 0 aliphatic rings. The Morgan fingerprint density at radius 1 is 1.14 bits per heavy atom. The highest BCUT2D eigenvalue weighted by atomic mass is 19.2. The summed E-state index contributed by atoms with van der Waals surface area (Å²) < 4.78 is 44.8. The minimum absolute atomic E-state index is 0.139. The smallest absolute Gasteiger partial charge is 0.320 e. The second-order valence-electron chi connectivity index (χ2n) is 5.48. The first-order valence-corrected chi connectivity index (χ1v) is 6.23. The van der Waals surface area contributed by atoms with E-state index in [9.17, 15) is 13.2 Å². The van der Waals surface area contributed by atoms with E-state index in [0.29, 0.717) is 12.6 Å². The lowest BCUT2D eigenvalue weighted by atomic mass is 10.1. The highest BCUT2D eigenvalue weighted by Gasteiger charge is 2.15. The topological polar surface area (TPSA) is 63.0 Å². The average Bonchev–Trinajstić information content (AvgIpc) is 2.80. The van der Waals surface area contributed by atoms with Crippen molar-refractivity contribution in [2.24, 2.45) is 0 Å². The number of anilines is 2. The van der Waals surface area contributed by atoms with Gasteiger partial charge in [0.25, 0.3) is 0 Å². The number of aromatic nitrogens is 2. The molecule has 0 spiro atoms. The molecule has 114 valence electrons. The lowest BCUT2D eigenvalue weighted by Gasteiger charge is -2.18. The van der Waals surface area contributed by atoms with Crippen LogP contribution in [0.15, 0.2) is 16.5 Å². The van der Waals surface area contributed by atoms with Crippen LogP contribution in [-0.4, -0.2) is 15.7 Å². The van der Waals surface area contributed by atoms with Crippen molar-refractivity contribution in [1.29, 1.82) is 0 Å². The van der Waals surface area contributed by atoms with Crippen LogP contribution in [0.4, 0.5) is 24.9 Å². The minimum Gasteiger partial charge on any atom is -0.406 e.